The first-order chi connectivity index (χ1) is 12.4. The minimum atomic E-state index is -3.51. The molecule has 1 N–H and O–H groups in total. The van der Waals surface area contributed by atoms with Crippen molar-refractivity contribution in [2.75, 3.05) is 18.4 Å². The molecule has 1 amide bonds. The second-order valence-electron chi connectivity index (χ2n) is 7.29. The van der Waals surface area contributed by atoms with Crippen LogP contribution in [0.15, 0.2) is 53.4 Å². The van der Waals surface area contributed by atoms with Crippen molar-refractivity contribution in [1.82, 2.24) is 4.31 Å². The van der Waals surface area contributed by atoms with Gasteiger partial charge in [0.1, 0.15) is 0 Å². The van der Waals surface area contributed by atoms with Crippen LogP contribution < -0.4 is 5.32 Å². The molecule has 1 unspecified atom stereocenters. The van der Waals surface area contributed by atoms with E-state index < -0.39 is 15.8 Å². The first kappa shape index (κ1) is 17.4. The molecular weight excluding hydrogens is 348 g/mol. The number of benzene rings is 2. The number of piperidine rings is 1. The standard InChI is InChI=1S/C20H22N2O3S/c1-15-6-8-17(9-7-15)26(24,25)22-12-10-20(11-13-22)14-16-4-2-3-5-18(16)21-19(20)23/h2-9H,10-14H2,1H3,(H-,21,23,24,25). The molecule has 2 aromatic carbocycles. The molecule has 26 heavy (non-hydrogen) atoms. The van der Waals surface area contributed by atoms with Gasteiger partial charge in [-0.05, 0) is 49.9 Å². The monoisotopic (exact) mass is 370 g/mol. The summed E-state index contributed by atoms with van der Waals surface area (Å²) in [6.45, 7) is 2.66. The van der Waals surface area contributed by atoms with Crippen molar-refractivity contribution >= 4 is 22.0 Å². The maximum atomic E-state index is 12.9. The number of carbonyl (C=O) groups is 1. The molecular formula is C20H22N2O3S. The molecule has 136 valence electrons. The van der Waals surface area contributed by atoms with Gasteiger partial charge in [-0.15, -0.1) is 4.31 Å². The molecule has 2 aromatic rings. The third-order valence-corrected chi connectivity index (χ3v) is 7.53. The van der Waals surface area contributed by atoms with E-state index in [1.165, 1.54) is 4.31 Å². The van der Waals surface area contributed by atoms with Crippen LogP contribution in [0.4, 0.5) is 5.69 Å². The smallest absolute Gasteiger partial charge is 0.231 e. The number of para-hydroxylation sites is 1. The molecule has 5 nitrogen and oxygen atoms in total. The Morgan fingerprint density at radius 1 is 1.08 bits per heavy atom. The molecule has 1 fully saturated rings. The number of amides is 1. The summed E-state index contributed by atoms with van der Waals surface area (Å²) < 4.78 is 27.3. The fourth-order valence-corrected chi connectivity index (χ4v) is 5.36. The van der Waals surface area contributed by atoms with Gasteiger partial charge in [-0.1, -0.05) is 40.1 Å². The average molecular weight is 370 g/mol. The predicted octanol–water partition coefficient (Wildman–Crippen LogP) is 3.18. The highest BCUT2D eigenvalue weighted by Crippen LogP contribution is 2.42. The molecule has 0 aliphatic carbocycles. The SMILES string of the molecule is Cc1ccc([S+](=O)([O-])N2CCC3(CC2)Cc2ccccc2NC3=O)cc1. The number of carbonyl (C=O) groups excluding carboxylic acids is 1. The normalized spacial score (nSPS) is 21.7. The average Bonchev–Trinajstić information content (AvgIpc) is 2.63. The molecule has 1 spiro atoms. The van der Waals surface area contributed by atoms with Gasteiger partial charge >= 0.3 is 0 Å². The highest BCUT2D eigenvalue weighted by Gasteiger charge is 2.47. The van der Waals surface area contributed by atoms with Gasteiger partial charge in [-0.3, -0.25) is 4.79 Å². The lowest BCUT2D eigenvalue weighted by Gasteiger charge is -2.43. The Morgan fingerprint density at radius 2 is 1.73 bits per heavy atom. The van der Waals surface area contributed by atoms with Crippen LogP contribution in [0.3, 0.4) is 0 Å². The second kappa shape index (κ2) is 6.30. The Hall–Kier alpha value is -2.02. The summed E-state index contributed by atoms with van der Waals surface area (Å²) in [4.78, 5) is 13.0. The second-order valence-corrected chi connectivity index (χ2v) is 9.22. The number of nitrogens with one attached hydrogen (secondary N) is 1. The summed E-state index contributed by atoms with van der Waals surface area (Å²) in [5.74, 6) is 0.0172. The van der Waals surface area contributed by atoms with Crippen molar-refractivity contribution in [3.63, 3.8) is 0 Å². The molecule has 6 heteroatoms. The van der Waals surface area contributed by atoms with Crippen LogP contribution in [-0.2, 0) is 25.8 Å². The van der Waals surface area contributed by atoms with Gasteiger partial charge < -0.3 is 9.87 Å². The van der Waals surface area contributed by atoms with Gasteiger partial charge in [0.25, 0.3) is 0 Å². The maximum absolute atomic E-state index is 12.9. The Kier molecular flexibility index (Phi) is 4.22. The largest absolute Gasteiger partial charge is 0.593 e. The van der Waals surface area contributed by atoms with E-state index in [1.807, 2.05) is 43.3 Å². The van der Waals surface area contributed by atoms with E-state index in [9.17, 15) is 13.6 Å². The Labute approximate surface area is 154 Å². The van der Waals surface area contributed by atoms with E-state index in [1.54, 1.807) is 12.1 Å². The lowest BCUT2D eigenvalue weighted by molar-refractivity contribution is -0.128. The summed E-state index contributed by atoms with van der Waals surface area (Å²) in [5, 5.41) is 3.01. The van der Waals surface area contributed by atoms with Crippen molar-refractivity contribution in [2.45, 2.75) is 31.1 Å². The zero-order valence-corrected chi connectivity index (χ0v) is 15.6. The van der Waals surface area contributed by atoms with E-state index in [4.69, 9.17) is 0 Å². The van der Waals surface area contributed by atoms with Gasteiger partial charge in [0, 0.05) is 18.8 Å². The van der Waals surface area contributed by atoms with Crippen LogP contribution in [0.25, 0.3) is 0 Å². The first-order valence-corrected chi connectivity index (χ1v) is 10.3. The first-order valence-electron chi connectivity index (χ1n) is 8.87. The van der Waals surface area contributed by atoms with E-state index in [-0.39, 0.29) is 5.91 Å². The highest BCUT2D eigenvalue weighted by atomic mass is 32.3. The maximum Gasteiger partial charge on any atom is 0.231 e. The molecule has 1 saturated heterocycles. The summed E-state index contributed by atoms with van der Waals surface area (Å²) >= 11 is 0. The van der Waals surface area contributed by atoms with Crippen LogP contribution in [-0.4, -0.2) is 27.9 Å². The van der Waals surface area contributed by atoms with Crippen molar-refractivity contribution in [1.29, 1.82) is 0 Å². The molecule has 0 aromatic heterocycles. The van der Waals surface area contributed by atoms with Gasteiger partial charge in [0.05, 0.1) is 5.41 Å². The van der Waals surface area contributed by atoms with Crippen LogP contribution in [0.2, 0.25) is 0 Å². The van der Waals surface area contributed by atoms with Crippen LogP contribution >= 0.6 is 0 Å². The molecule has 0 bridgehead atoms. The molecule has 4 rings (SSSR count). The van der Waals surface area contributed by atoms with Crippen molar-refractivity contribution < 1.29 is 13.6 Å². The van der Waals surface area contributed by atoms with Crippen molar-refractivity contribution in [2.24, 2.45) is 5.41 Å². The van der Waals surface area contributed by atoms with E-state index in [0.717, 1.165) is 16.8 Å². The zero-order valence-electron chi connectivity index (χ0n) is 14.7. The van der Waals surface area contributed by atoms with Crippen LogP contribution in [0.1, 0.15) is 24.0 Å². The fourth-order valence-electron chi connectivity index (χ4n) is 3.91. The van der Waals surface area contributed by atoms with Crippen molar-refractivity contribution in [3.05, 3.63) is 59.7 Å². The number of fused-ring (bicyclic) bond motifs is 1. The number of rotatable bonds is 2. The number of anilines is 1. The summed E-state index contributed by atoms with van der Waals surface area (Å²) in [7, 11) is -3.51. The summed E-state index contributed by atoms with van der Waals surface area (Å²) in [6.07, 6.45) is 1.75. The number of nitrogens with zero attached hydrogens (tertiary/aromatic N) is 1. The lowest BCUT2D eigenvalue weighted by Crippen LogP contribution is -2.52. The minimum Gasteiger partial charge on any atom is -0.593 e. The molecule has 1 atom stereocenters. The molecule has 2 aliphatic rings. The Balaban J connectivity index is 1.53. The quantitative estimate of drug-likeness (QED) is 0.825. The molecule has 2 heterocycles. The van der Waals surface area contributed by atoms with Gasteiger partial charge in [-0.25, -0.2) is 0 Å². The van der Waals surface area contributed by atoms with Gasteiger partial charge in [0.2, 0.25) is 5.91 Å². The number of hydrogen-bond acceptors (Lipinski definition) is 3. The third-order valence-electron chi connectivity index (χ3n) is 5.61. The molecule has 0 saturated carbocycles. The third kappa shape index (κ3) is 2.88. The Bertz CT molecular complexity index is 886. The summed E-state index contributed by atoms with van der Waals surface area (Å²) in [6, 6.07) is 14.8. The topological polar surface area (TPSA) is 72.5 Å². The summed E-state index contributed by atoms with van der Waals surface area (Å²) in [5.41, 5.74) is 2.52. The highest BCUT2D eigenvalue weighted by molar-refractivity contribution is 7.95. The fraction of sp³-hybridized carbons (Fsp3) is 0.350. The number of sulfonamides is 1. The number of hydrogen-bond donors (Lipinski definition) is 1. The van der Waals surface area contributed by atoms with Gasteiger partial charge in [0.15, 0.2) is 15.3 Å². The van der Waals surface area contributed by atoms with Gasteiger partial charge in [-0.2, -0.15) is 0 Å². The van der Waals surface area contributed by atoms with E-state index in [2.05, 4.69) is 5.32 Å². The van der Waals surface area contributed by atoms with Crippen LogP contribution in [0, 0.1) is 12.3 Å². The van der Waals surface area contributed by atoms with Crippen LogP contribution in [0.5, 0.6) is 0 Å². The van der Waals surface area contributed by atoms with Crippen molar-refractivity contribution in [3.8, 4) is 0 Å². The zero-order chi connectivity index (χ0) is 18.4. The van der Waals surface area contributed by atoms with E-state index >= 15 is 0 Å². The van der Waals surface area contributed by atoms with E-state index in [0.29, 0.717) is 37.2 Å². The predicted molar refractivity (Wildman–Crippen MR) is 100 cm³/mol. The molecule has 0 radical (unpaired) electrons. The molecule has 2 aliphatic heterocycles. The number of aryl methyl sites for hydroxylation is 1. The Morgan fingerprint density at radius 3 is 2.42 bits per heavy atom. The lowest BCUT2D eigenvalue weighted by atomic mass is 9.71. The minimum absolute atomic E-state index is 0.0172.